The molecule has 216 valence electrons. The van der Waals surface area contributed by atoms with Crippen molar-refractivity contribution in [2.45, 2.75) is 98.2 Å². The number of rotatable bonds is 18. The highest BCUT2D eigenvalue weighted by Crippen LogP contribution is 2.47. The van der Waals surface area contributed by atoms with E-state index in [0.717, 1.165) is 30.6 Å². The number of carbonyl (C=O) groups excluding carboxylic acids is 2. The number of hydrogen-bond acceptors (Lipinski definition) is 11. The number of nitrogens with one attached hydrogen (secondary N) is 2. The molecule has 0 amide bonds. The lowest BCUT2D eigenvalue weighted by Gasteiger charge is -2.30. The van der Waals surface area contributed by atoms with E-state index in [9.17, 15) is 24.1 Å². The molecule has 0 fully saturated rings. The van der Waals surface area contributed by atoms with E-state index in [1.165, 1.54) is 20.9 Å². The smallest absolute Gasteiger partial charge is 0.480 e. The summed E-state index contributed by atoms with van der Waals surface area (Å²) in [5.41, 5.74) is 0. The third-order valence-electron chi connectivity index (χ3n) is 4.77. The van der Waals surface area contributed by atoms with Crippen LogP contribution in [-0.4, -0.2) is 73.1 Å². The number of ether oxygens (including phenoxy) is 4. The molecule has 0 radical (unpaired) electrons. The second kappa shape index (κ2) is 18.6. The van der Waals surface area contributed by atoms with E-state index in [1.807, 2.05) is 13.8 Å². The normalized spacial score (nSPS) is 14.9. The molecule has 0 aromatic carbocycles. The first-order chi connectivity index (χ1) is 17.4. The zero-order chi connectivity index (χ0) is 28.4. The van der Waals surface area contributed by atoms with E-state index in [2.05, 4.69) is 5.09 Å². The predicted octanol–water partition coefficient (Wildman–Crippen LogP) is 4.83. The minimum Gasteiger partial charge on any atom is -0.480 e. The van der Waals surface area contributed by atoms with E-state index in [1.54, 1.807) is 6.92 Å². The van der Waals surface area contributed by atoms with Crippen molar-refractivity contribution in [3.05, 3.63) is 0 Å². The van der Waals surface area contributed by atoms with Crippen molar-refractivity contribution < 1.29 is 52.1 Å². The molecule has 0 aliphatic carbocycles. The number of aliphatic carboxylic acids is 1. The summed E-state index contributed by atoms with van der Waals surface area (Å²) < 4.78 is 43.6. The summed E-state index contributed by atoms with van der Waals surface area (Å²) in [4.78, 5) is 36.2. The van der Waals surface area contributed by atoms with Crippen molar-refractivity contribution in [2.75, 3.05) is 20.3 Å². The van der Waals surface area contributed by atoms with E-state index in [-0.39, 0.29) is 19.6 Å². The Morgan fingerprint density at radius 2 is 1.32 bits per heavy atom. The number of nitrogens with zero attached hydrogens (tertiary/aromatic N) is 1. The Balaban J connectivity index is 5.34. The molecule has 3 atom stereocenters. The van der Waals surface area contributed by atoms with Crippen molar-refractivity contribution in [2.24, 2.45) is 0 Å². The highest BCUT2D eigenvalue weighted by atomic mass is 31.2. The Kier molecular flexibility index (Phi) is 17.3. The molecule has 0 aliphatic rings. The zero-order valence-corrected chi connectivity index (χ0v) is 23.4. The summed E-state index contributed by atoms with van der Waals surface area (Å²) in [7, 11) is -3.29. The van der Waals surface area contributed by atoms with Gasteiger partial charge in [0.05, 0.1) is 13.2 Å². The maximum absolute atomic E-state index is 13.5. The van der Waals surface area contributed by atoms with Gasteiger partial charge in [-0.2, -0.15) is 0 Å². The van der Waals surface area contributed by atoms with Gasteiger partial charge in [0.2, 0.25) is 18.5 Å². The maximum atomic E-state index is 13.5. The van der Waals surface area contributed by atoms with Crippen molar-refractivity contribution >= 4 is 32.0 Å². The second-order valence-electron chi connectivity index (χ2n) is 8.02. The molecule has 15 heteroatoms. The summed E-state index contributed by atoms with van der Waals surface area (Å²) in [5.74, 6) is -1.83. The van der Waals surface area contributed by atoms with Gasteiger partial charge in [-0.3, -0.25) is 19.5 Å². The van der Waals surface area contributed by atoms with Gasteiger partial charge >= 0.3 is 26.0 Å². The van der Waals surface area contributed by atoms with E-state index >= 15 is 0 Å². The van der Waals surface area contributed by atoms with Crippen molar-refractivity contribution in [3.8, 4) is 0 Å². The van der Waals surface area contributed by atoms with E-state index in [0.29, 0.717) is 12.8 Å². The fourth-order valence-electron chi connectivity index (χ4n) is 2.84. The molecular weight excluding hydrogens is 513 g/mol. The number of carbonyl (C=O) groups is 3. The zero-order valence-electron chi connectivity index (χ0n) is 22.5. The van der Waals surface area contributed by atoms with Gasteiger partial charge in [-0.1, -0.05) is 46.5 Å². The molecule has 0 aromatic rings. The van der Waals surface area contributed by atoms with Gasteiger partial charge in [0.25, 0.3) is 0 Å². The minimum atomic E-state index is -4.58. The van der Waals surface area contributed by atoms with Crippen LogP contribution < -0.4 is 5.09 Å². The van der Waals surface area contributed by atoms with Crippen LogP contribution in [0.2, 0.25) is 0 Å². The lowest BCUT2D eigenvalue weighted by atomic mass is 10.2. The molecule has 3 unspecified atom stereocenters. The molecule has 0 saturated heterocycles. The van der Waals surface area contributed by atoms with Crippen LogP contribution in [0.4, 0.5) is 9.59 Å². The van der Waals surface area contributed by atoms with Gasteiger partial charge in [0, 0.05) is 7.05 Å². The van der Waals surface area contributed by atoms with Crippen LogP contribution in [0, 0.1) is 5.41 Å². The Bertz CT molecular complexity index is 730. The largest absolute Gasteiger partial charge is 0.510 e. The molecule has 0 spiro atoms. The number of unbranched alkanes of at least 4 members (excludes halogenated alkanes) is 4. The van der Waals surface area contributed by atoms with Crippen molar-refractivity contribution in [1.82, 2.24) is 9.99 Å². The highest BCUT2D eigenvalue weighted by Gasteiger charge is 2.36. The van der Waals surface area contributed by atoms with Gasteiger partial charge in [-0.05, 0) is 33.1 Å². The molecule has 0 saturated carbocycles. The Labute approximate surface area is 218 Å². The summed E-state index contributed by atoms with van der Waals surface area (Å²) in [6, 6.07) is -1.12. The number of carboxylic acid groups (broad SMARTS) is 1. The monoisotopic (exact) mass is 555 g/mol. The van der Waals surface area contributed by atoms with E-state index in [4.69, 9.17) is 33.4 Å². The lowest BCUT2D eigenvalue weighted by molar-refractivity contribution is -0.141. The van der Waals surface area contributed by atoms with Gasteiger partial charge in [-0.15, -0.1) is 0 Å². The first-order valence-electron chi connectivity index (χ1n) is 12.3. The van der Waals surface area contributed by atoms with Crippen LogP contribution in [0.15, 0.2) is 0 Å². The first-order valence-corrected chi connectivity index (χ1v) is 13.9. The fourth-order valence-corrected chi connectivity index (χ4v) is 4.28. The molecule has 3 N–H and O–H groups in total. The molecule has 0 bridgehead atoms. The van der Waals surface area contributed by atoms with Gasteiger partial charge in [0.1, 0.15) is 6.04 Å². The highest BCUT2D eigenvalue weighted by molar-refractivity contribution is 7.52. The number of carboxylic acids is 1. The average molecular weight is 556 g/mol. The third kappa shape index (κ3) is 15.3. The Morgan fingerprint density at radius 1 is 0.892 bits per heavy atom. The lowest BCUT2D eigenvalue weighted by Crippen LogP contribution is -2.47. The molecular formula is C22H42N3O11P. The maximum Gasteiger partial charge on any atom is 0.510 e. The van der Waals surface area contributed by atoms with Crippen LogP contribution in [-0.2, 0) is 37.4 Å². The summed E-state index contributed by atoms with van der Waals surface area (Å²) in [6.07, 6.45) is -0.123. The topological polar surface area (TPSA) is 183 Å². The third-order valence-corrected chi connectivity index (χ3v) is 6.40. The summed E-state index contributed by atoms with van der Waals surface area (Å²) >= 11 is 0. The number of likely N-dealkylation sites (N-methyl/N-ethyl adjacent to an activating group) is 1. The number of guanidine groups is 1. The fraction of sp³-hybridized carbons (Fsp3) is 0.818. The van der Waals surface area contributed by atoms with Crippen LogP contribution >= 0.6 is 7.75 Å². The van der Waals surface area contributed by atoms with Crippen molar-refractivity contribution in [3.63, 3.8) is 0 Å². The van der Waals surface area contributed by atoms with Gasteiger partial charge < -0.3 is 29.0 Å². The number of hydrogen-bond donors (Lipinski definition) is 3. The first kappa shape index (κ1) is 34.4. The Morgan fingerprint density at radius 3 is 1.68 bits per heavy atom. The molecule has 0 aliphatic heterocycles. The molecule has 0 heterocycles. The van der Waals surface area contributed by atoms with Gasteiger partial charge in [0.15, 0.2) is 0 Å². The molecule has 0 aromatic heterocycles. The van der Waals surface area contributed by atoms with Gasteiger partial charge in [-0.25, -0.2) is 18.9 Å². The molecule has 37 heavy (non-hydrogen) atoms. The molecule has 14 nitrogen and oxygen atoms in total. The summed E-state index contributed by atoms with van der Waals surface area (Å²) in [6.45, 7) is 8.29. The minimum absolute atomic E-state index is 0.125. The summed E-state index contributed by atoms with van der Waals surface area (Å²) in [5, 5.41) is 19.7. The van der Waals surface area contributed by atoms with Crippen molar-refractivity contribution in [1.29, 1.82) is 5.41 Å². The van der Waals surface area contributed by atoms with Crippen LogP contribution in [0.5, 0.6) is 0 Å². The Hall–Kier alpha value is -2.57. The van der Waals surface area contributed by atoms with Crippen LogP contribution in [0.25, 0.3) is 0 Å². The standard InChI is InChI=1S/C22H42N3O11P/c1-7-10-12-14-31-21(28)33-16(4)35-37(30,24-20(23)25(6)18(9-3)19(26)27)36-17(5)34-22(29)32-15-13-11-8-2/h16-18H,7-15H2,1-6H3,(H,26,27)(H2,23,24,30). The SMILES string of the molecule is CCCCCOC(=O)OC(C)OP(=O)(NC(=N)N(C)C(CC)C(=O)O)OC(C)OC(=O)OCCCCC. The average Bonchev–Trinajstić information content (AvgIpc) is 2.79. The predicted molar refractivity (Wildman–Crippen MR) is 133 cm³/mol. The quantitative estimate of drug-likeness (QED) is 0.0522. The second-order valence-corrected chi connectivity index (χ2v) is 9.66. The van der Waals surface area contributed by atoms with Crippen LogP contribution in [0.3, 0.4) is 0 Å². The van der Waals surface area contributed by atoms with Crippen LogP contribution in [0.1, 0.15) is 79.6 Å². The molecule has 0 rings (SSSR count). The van der Waals surface area contributed by atoms with E-state index < -0.39 is 50.6 Å².